The molecule has 72 valence electrons. The molecule has 0 aliphatic rings. The number of hydrogen-bond acceptors (Lipinski definition) is 2. The lowest BCUT2D eigenvalue weighted by atomic mass is 10.1. The van der Waals surface area contributed by atoms with E-state index in [-0.39, 0.29) is 6.04 Å². The Morgan fingerprint density at radius 1 is 1.38 bits per heavy atom. The minimum Gasteiger partial charge on any atom is -0.497 e. The summed E-state index contributed by atoms with van der Waals surface area (Å²) in [6, 6.07) is 7.16. The van der Waals surface area contributed by atoms with E-state index in [0.717, 1.165) is 11.3 Å². The molecule has 1 aromatic carbocycles. The largest absolute Gasteiger partial charge is 0.497 e. The number of benzene rings is 1. The van der Waals surface area contributed by atoms with Crippen molar-refractivity contribution >= 4 is 0 Å². The summed E-state index contributed by atoms with van der Waals surface area (Å²) < 4.78 is 17.4. The first-order chi connectivity index (χ1) is 6.31. The molecule has 0 radical (unpaired) electrons. The summed E-state index contributed by atoms with van der Waals surface area (Å²) in [7, 11) is 3.36. The average molecular weight is 183 g/mol. The van der Waals surface area contributed by atoms with Crippen LogP contribution < -0.4 is 10.1 Å². The molecule has 0 saturated heterocycles. The molecule has 1 aromatic rings. The van der Waals surface area contributed by atoms with Crippen molar-refractivity contribution < 1.29 is 9.13 Å². The molecule has 1 atom stereocenters. The molecule has 13 heavy (non-hydrogen) atoms. The number of hydrogen-bond donors (Lipinski definition) is 1. The quantitative estimate of drug-likeness (QED) is 0.770. The van der Waals surface area contributed by atoms with Crippen LogP contribution in [0, 0.1) is 0 Å². The van der Waals surface area contributed by atoms with Crippen LogP contribution in [0.2, 0.25) is 0 Å². The maximum Gasteiger partial charge on any atom is 0.118 e. The SMILES string of the molecule is CNC(CF)c1ccc(OC)cc1. The molecule has 1 unspecified atom stereocenters. The van der Waals surface area contributed by atoms with Gasteiger partial charge in [-0.1, -0.05) is 12.1 Å². The maximum atomic E-state index is 12.4. The molecule has 0 heterocycles. The lowest BCUT2D eigenvalue weighted by molar-refractivity contribution is 0.397. The third-order valence-corrected chi connectivity index (χ3v) is 2.02. The van der Waals surface area contributed by atoms with Crippen LogP contribution in [0.1, 0.15) is 11.6 Å². The highest BCUT2D eigenvalue weighted by Crippen LogP contribution is 2.17. The normalized spacial score (nSPS) is 12.5. The van der Waals surface area contributed by atoms with Gasteiger partial charge in [-0.25, -0.2) is 4.39 Å². The average Bonchev–Trinajstić information content (AvgIpc) is 2.21. The number of halogens is 1. The van der Waals surface area contributed by atoms with Gasteiger partial charge in [0.15, 0.2) is 0 Å². The number of alkyl halides is 1. The van der Waals surface area contributed by atoms with Crippen LogP contribution in [0.25, 0.3) is 0 Å². The van der Waals surface area contributed by atoms with Crippen molar-refractivity contribution in [1.82, 2.24) is 5.32 Å². The number of rotatable bonds is 4. The van der Waals surface area contributed by atoms with E-state index in [4.69, 9.17) is 4.74 Å². The molecular formula is C10H14FNO. The molecule has 1 N–H and O–H groups in total. The highest BCUT2D eigenvalue weighted by Gasteiger charge is 2.07. The molecule has 2 nitrogen and oxygen atoms in total. The monoisotopic (exact) mass is 183 g/mol. The van der Waals surface area contributed by atoms with Crippen molar-refractivity contribution in [3.8, 4) is 5.75 Å². The minimum atomic E-state index is -0.400. The van der Waals surface area contributed by atoms with Crippen LogP contribution in [0.5, 0.6) is 5.75 Å². The van der Waals surface area contributed by atoms with Gasteiger partial charge in [-0.05, 0) is 24.7 Å². The third-order valence-electron chi connectivity index (χ3n) is 2.02. The first-order valence-corrected chi connectivity index (χ1v) is 4.19. The predicted molar refractivity (Wildman–Crippen MR) is 50.8 cm³/mol. The Bertz CT molecular complexity index is 244. The second-order valence-corrected chi connectivity index (χ2v) is 2.77. The topological polar surface area (TPSA) is 21.3 Å². The van der Waals surface area contributed by atoms with Gasteiger partial charge >= 0.3 is 0 Å². The summed E-state index contributed by atoms with van der Waals surface area (Å²) in [4.78, 5) is 0. The van der Waals surface area contributed by atoms with Crippen molar-refractivity contribution in [3.63, 3.8) is 0 Å². The van der Waals surface area contributed by atoms with Gasteiger partial charge in [0.2, 0.25) is 0 Å². The van der Waals surface area contributed by atoms with Gasteiger partial charge in [0.05, 0.1) is 13.2 Å². The standard InChI is InChI=1S/C10H14FNO/c1-12-10(7-11)8-3-5-9(13-2)6-4-8/h3-6,10,12H,7H2,1-2H3. The zero-order valence-electron chi connectivity index (χ0n) is 7.88. The van der Waals surface area contributed by atoms with Gasteiger partial charge in [-0.2, -0.15) is 0 Å². The summed E-state index contributed by atoms with van der Waals surface area (Å²) in [5, 5.41) is 2.89. The molecule has 3 heteroatoms. The lowest BCUT2D eigenvalue weighted by Gasteiger charge is -2.12. The van der Waals surface area contributed by atoms with E-state index in [1.54, 1.807) is 14.2 Å². The van der Waals surface area contributed by atoms with Crippen LogP contribution in [0.3, 0.4) is 0 Å². The predicted octanol–water partition coefficient (Wildman–Crippen LogP) is 1.93. The van der Waals surface area contributed by atoms with Crippen molar-refractivity contribution in [1.29, 1.82) is 0 Å². The highest BCUT2D eigenvalue weighted by molar-refractivity contribution is 5.29. The Labute approximate surface area is 77.7 Å². The lowest BCUT2D eigenvalue weighted by Crippen LogP contribution is -2.17. The molecule has 0 spiro atoms. The molecule has 0 aliphatic carbocycles. The molecule has 0 amide bonds. The first kappa shape index (κ1) is 9.99. The number of methoxy groups -OCH3 is 1. The summed E-state index contributed by atoms with van der Waals surface area (Å²) in [6.45, 7) is -0.400. The second kappa shape index (κ2) is 4.82. The number of ether oxygens (including phenoxy) is 1. The Kier molecular flexibility index (Phi) is 3.71. The van der Waals surface area contributed by atoms with Crippen molar-refractivity contribution in [3.05, 3.63) is 29.8 Å². The van der Waals surface area contributed by atoms with Crippen molar-refractivity contribution in [2.75, 3.05) is 20.8 Å². The highest BCUT2D eigenvalue weighted by atomic mass is 19.1. The van der Waals surface area contributed by atoms with Gasteiger partial charge in [-0.3, -0.25) is 0 Å². The zero-order valence-corrected chi connectivity index (χ0v) is 7.88. The van der Waals surface area contributed by atoms with Gasteiger partial charge in [0, 0.05) is 0 Å². The van der Waals surface area contributed by atoms with E-state index in [1.807, 2.05) is 24.3 Å². The van der Waals surface area contributed by atoms with Gasteiger partial charge in [-0.15, -0.1) is 0 Å². The second-order valence-electron chi connectivity index (χ2n) is 2.77. The van der Waals surface area contributed by atoms with E-state index >= 15 is 0 Å². The first-order valence-electron chi connectivity index (χ1n) is 4.19. The smallest absolute Gasteiger partial charge is 0.118 e. The summed E-state index contributed by atoms with van der Waals surface area (Å²) in [5.41, 5.74) is 0.936. The van der Waals surface area contributed by atoms with Gasteiger partial charge in [0.1, 0.15) is 12.4 Å². The van der Waals surface area contributed by atoms with Crippen molar-refractivity contribution in [2.45, 2.75) is 6.04 Å². The summed E-state index contributed by atoms with van der Waals surface area (Å²) in [6.07, 6.45) is 0. The Balaban J connectivity index is 2.78. The fourth-order valence-corrected chi connectivity index (χ4v) is 1.17. The molecule has 0 bridgehead atoms. The van der Waals surface area contributed by atoms with E-state index < -0.39 is 6.67 Å². The van der Waals surface area contributed by atoms with Gasteiger partial charge in [0.25, 0.3) is 0 Å². The van der Waals surface area contributed by atoms with Crippen LogP contribution >= 0.6 is 0 Å². The summed E-state index contributed by atoms with van der Waals surface area (Å²) in [5.74, 6) is 0.789. The zero-order chi connectivity index (χ0) is 9.68. The molecule has 0 fully saturated rings. The van der Waals surface area contributed by atoms with Crippen LogP contribution in [0.4, 0.5) is 4.39 Å². The maximum absolute atomic E-state index is 12.4. The van der Waals surface area contributed by atoms with E-state index in [9.17, 15) is 4.39 Å². The minimum absolute atomic E-state index is 0.217. The van der Waals surface area contributed by atoms with E-state index in [2.05, 4.69) is 5.32 Å². The van der Waals surface area contributed by atoms with E-state index in [1.165, 1.54) is 0 Å². The fourth-order valence-electron chi connectivity index (χ4n) is 1.17. The Morgan fingerprint density at radius 2 is 2.00 bits per heavy atom. The molecular weight excluding hydrogens is 169 g/mol. The number of nitrogens with one attached hydrogen (secondary N) is 1. The molecule has 0 aliphatic heterocycles. The molecule has 0 aromatic heterocycles. The van der Waals surface area contributed by atoms with Crippen molar-refractivity contribution in [2.24, 2.45) is 0 Å². The fraction of sp³-hybridized carbons (Fsp3) is 0.400. The Morgan fingerprint density at radius 3 is 2.38 bits per heavy atom. The molecule has 0 saturated carbocycles. The summed E-state index contributed by atoms with van der Waals surface area (Å²) >= 11 is 0. The van der Waals surface area contributed by atoms with E-state index in [0.29, 0.717) is 0 Å². The Hall–Kier alpha value is -1.09. The van der Waals surface area contributed by atoms with Crippen LogP contribution in [-0.4, -0.2) is 20.8 Å². The van der Waals surface area contributed by atoms with Gasteiger partial charge < -0.3 is 10.1 Å². The van der Waals surface area contributed by atoms with Crippen LogP contribution in [0.15, 0.2) is 24.3 Å². The molecule has 1 rings (SSSR count). The third kappa shape index (κ3) is 2.42. The van der Waals surface area contributed by atoms with Crippen LogP contribution in [-0.2, 0) is 0 Å².